The van der Waals surface area contributed by atoms with Crippen LogP contribution in [0.5, 0.6) is 0 Å². The second kappa shape index (κ2) is 8.46. The summed E-state index contributed by atoms with van der Waals surface area (Å²) in [6.45, 7) is 7.08. The molecule has 0 saturated carbocycles. The second-order valence-electron chi connectivity index (χ2n) is 5.66. The Morgan fingerprint density at radius 1 is 1.52 bits per heavy atom. The first-order valence-electron chi connectivity index (χ1n) is 7.88. The van der Waals surface area contributed by atoms with Gasteiger partial charge in [0.15, 0.2) is 0 Å². The Morgan fingerprint density at radius 2 is 2.29 bits per heavy atom. The van der Waals surface area contributed by atoms with Crippen LogP contribution in [0.15, 0.2) is 5.38 Å². The number of amides is 1. The molecule has 0 atom stereocenters. The third-order valence-corrected chi connectivity index (χ3v) is 4.85. The van der Waals surface area contributed by atoms with Gasteiger partial charge in [0.1, 0.15) is 5.69 Å². The van der Waals surface area contributed by atoms with E-state index in [4.69, 9.17) is 5.73 Å². The minimum atomic E-state index is -0.0505. The molecule has 1 aliphatic heterocycles. The van der Waals surface area contributed by atoms with Gasteiger partial charge in [0.2, 0.25) is 0 Å². The lowest BCUT2D eigenvalue weighted by Gasteiger charge is -2.31. The van der Waals surface area contributed by atoms with Gasteiger partial charge in [-0.25, -0.2) is 4.98 Å². The van der Waals surface area contributed by atoms with Crippen LogP contribution in [-0.2, 0) is 6.42 Å². The molecule has 0 unspecified atom stereocenters. The van der Waals surface area contributed by atoms with Crippen molar-refractivity contribution in [1.29, 1.82) is 0 Å². The predicted octanol–water partition coefficient (Wildman–Crippen LogP) is 1.50. The van der Waals surface area contributed by atoms with Gasteiger partial charge in [0, 0.05) is 18.3 Å². The van der Waals surface area contributed by atoms with Crippen LogP contribution in [-0.4, -0.2) is 48.5 Å². The van der Waals surface area contributed by atoms with Crippen molar-refractivity contribution in [2.75, 3.05) is 32.7 Å². The molecule has 1 aliphatic rings. The van der Waals surface area contributed by atoms with Crippen LogP contribution in [0.1, 0.15) is 41.7 Å². The summed E-state index contributed by atoms with van der Waals surface area (Å²) < 4.78 is 0. The zero-order valence-corrected chi connectivity index (χ0v) is 13.6. The van der Waals surface area contributed by atoms with Crippen molar-refractivity contribution in [3.05, 3.63) is 16.1 Å². The molecule has 1 fully saturated rings. The number of likely N-dealkylation sites (tertiary alicyclic amines) is 1. The first kappa shape index (κ1) is 16.4. The highest BCUT2D eigenvalue weighted by Gasteiger charge is 2.19. The molecule has 118 valence electrons. The maximum absolute atomic E-state index is 12.1. The summed E-state index contributed by atoms with van der Waals surface area (Å²) in [5, 5.41) is 5.79. The molecule has 0 aromatic carbocycles. The van der Waals surface area contributed by atoms with Gasteiger partial charge in [0.25, 0.3) is 5.91 Å². The van der Waals surface area contributed by atoms with Crippen LogP contribution in [0.25, 0.3) is 0 Å². The van der Waals surface area contributed by atoms with Gasteiger partial charge in [-0.05, 0) is 51.4 Å². The van der Waals surface area contributed by atoms with Crippen molar-refractivity contribution in [3.63, 3.8) is 0 Å². The maximum atomic E-state index is 12.1. The average molecular weight is 310 g/mol. The molecule has 0 spiro atoms. The number of nitrogens with two attached hydrogens (primary N) is 1. The first-order valence-corrected chi connectivity index (χ1v) is 8.76. The quantitative estimate of drug-likeness (QED) is 0.800. The fourth-order valence-electron chi connectivity index (χ4n) is 2.71. The fourth-order valence-corrected chi connectivity index (χ4v) is 3.51. The molecule has 21 heavy (non-hydrogen) atoms. The molecule has 0 radical (unpaired) electrons. The van der Waals surface area contributed by atoms with Gasteiger partial charge in [-0.1, -0.05) is 6.92 Å². The van der Waals surface area contributed by atoms with E-state index >= 15 is 0 Å². The standard InChI is InChI=1S/C15H26N4OS/c1-2-7-19-8-4-12(5-9-19)10-17-15(20)13-11-21-14(18-13)3-6-16/h11-12H,2-10,16H2,1H3,(H,17,20). The predicted molar refractivity (Wildman–Crippen MR) is 86.7 cm³/mol. The van der Waals surface area contributed by atoms with E-state index in [0.29, 0.717) is 18.2 Å². The lowest BCUT2D eigenvalue weighted by atomic mass is 9.96. The second-order valence-corrected chi connectivity index (χ2v) is 6.60. The normalized spacial score (nSPS) is 17.0. The van der Waals surface area contributed by atoms with E-state index in [9.17, 15) is 4.79 Å². The highest BCUT2D eigenvalue weighted by atomic mass is 32.1. The highest BCUT2D eigenvalue weighted by molar-refractivity contribution is 7.09. The Labute approximate surface area is 130 Å². The molecule has 1 aromatic rings. The van der Waals surface area contributed by atoms with E-state index in [1.165, 1.54) is 37.1 Å². The van der Waals surface area contributed by atoms with E-state index in [0.717, 1.165) is 31.1 Å². The van der Waals surface area contributed by atoms with Crippen LogP contribution in [0.4, 0.5) is 0 Å². The summed E-state index contributed by atoms with van der Waals surface area (Å²) in [7, 11) is 0. The minimum Gasteiger partial charge on any atom is -0.350 e. The minimum absolute atomic E-state index is 0.0505. The Morgan fingerprint density at radius 3 is 2.95 bits per heavy atom. The SMILES string of the molecule is CCCN1CCC(CNC(=O)c2csc(CCN)n2)CC1. The molecule has 6 heteroatoms. The number of carbonyl (C=O) groups excluding carboxylic acids is 1. The monoisotopic (exact) mass is 310 g/mol. The molecule has 2 heterocycles. The van der Waals surface area contributed by atoms with Crippen molar-refractivity contribution < 1.29 is 4.79 Å². The van der Waals surface area contributed by atoms with Gasteiger partial charge in [-0.2, -0.15) is 0 Å². The Hall–Kier alpha value is -0.980. The molecular formula is C15H26N4OS. The Balaban J connectivity index is 1.71. The van der Waals surface area contributed by atoms with Crippen molar-refractivity contribution in [2.24, 2.45) is 11.7 Å². The summed E-state index contributed by atoms with van der Waals surface area (Å²) >= 11 is 1.51. The van der Waals surface area contributed by atoms with Crippen molar-refractivity contribution in [2.45, 2.75) is 32.6 Å². The number of carbonyl (C=O) groups is 1. The number of aromatic nitrogens is 1. The third-order valence-electron chi connectivity index (χ3n) is 3.94. The number of hydrogen-bond donors (Lipinski definition) is 2. The van der Waals surface area contributed by atoms with Gasteiger partial charge in [-0.15, -0.1) is 11.3 Å². The zero-order chi connectivity index (χ0) is 15.1. The molecule has 5 nitrogen and oxygen atoms in total. The van der Waals surface area contributed by atoms with Crippen molar-refractivity contribution >= 4 is 17.2 Å². The smallest absolute Gasteiger partial charge is 0.270 e. The van der Waals surface area contributed by atoms with E-state index in [1.54, 1.807) is 0 Å². The van der Waals surface area contributed by atoms with Gasteiger partial charge in [-0.3, -0.25) is 4.79 Å². The van der Waals surface area contributed by atoms with Gasteiger partial charge in [0.05, 0.1) is 5.01 Å². The maximum Gasteiger partial charge on any atom is 0.270 e. The lowest BCUT2D eigenvalue weighted by Crippen LogP contribution is -2.39. The number of rotatable bonds is 7. The Bertz CT molecular complexity index is 441. The summed E-state index contributed by atoms with van der Waals surface area (Å²) in [6, 6.07) is 0. The summed E-state index contributed by atoms with van der Waals surface area (Å²) in [5.74, 6) is 0.551. The average Bonchev–Trinajstić information content (AvgIpc) is 2.96. The number of nitrogens with one attached hydrogen (secondary N) is 1. The van der Waals surface area contributed by atoms with Crippen LogP contribution in [0.2, 0.25) is 0 Å². The van der Waals surface area contributed by atoms with Crippen LogP contribution in [0, 0.1) is 5.92 Å². The molecule has 1 amide bonds. The van der Waals surface area contributed by atoms with Crippen molar-refractivity contribution in [3.8, 4) is 0 Å². The number of thiazole rings is 1. The Kier molecular flexibility index (Phi) is 6.60. The summed E-state index contributed by atoms with van der Waals surface area (Å²) in [5.41, 5.74) is 6.03. The van der Waals surface area contributed by atoms with Gasteiger partial charge >= 0.3 is 0 Å². The van der Waals surface area contributed by atoms with E-state index in [1.807, 2.05) is 5.38 Å². The molecule has 0 bridgehead atoms. The molecular weight excluding hydrogens is 284 g/mol. The molecule has 3 N–H and O–H groups in total. The zero-order valence-electron chi connectivity index (χ0n) is 12.8. The summed E-state index contributed by atoms with van der Waals surface area (Å²) in [4.78, 5) is 18.9. The van der Waals surface area contributed by atoms with Gasteiger partial charge < -0.3 is 16.0 Å². The number of nitrogens with zero attached hydrogens (tertiary/aromatic N) is 2. The first-order chi connectivity index (χ1) is 10.2. The molecule has 0 aliphatic carbocycles. The van der Waals surface area contributed by atoms with Crippen LogP contribution in [0.3, 0.4) is 0 Å². The third kappa shape index (κ3) is 5.05. The van der Waals surface area contributed by atoms with E-state index < -0.39 is 0 Å². The highest BCUT2D eigenvalue weighted by Crippen LogP contribution is 2.17. The molecule has 1 aromatic heterocycles. The van der Waals surface area contributed by atoms with E-state index in [-0.39, 0.29) is 5.91 Å². The number of piperidine rings is 1. The fraction of sp³-hybridized carbons (Fsp3) is 0.733. The van der Waals surface area contributed by atoms with Crippen molar-refractivity contribution in [1.82, 2.24) is 15.2 Å². The lowest BCUT2D eigenvalue weighted by molar-refractivity contribution is 0.0931. The summed E-state index contributed by atoms with van der Waals surface area (Å²) in [6.07, 6.45) is 4.32. The molecule has 1 saturated heterocycles. The largest absolute Gasteiger partial charge is 0.350 e. The molecule has 2 rings (SSSR count). The van der Waals surface area contributed by atoms with Crippen LogP contribution >= 0.6 is 11.3 Å². The van der Waals surface area contributed by atoms with E-state index in [2.05, 4.69) is 22.1 Å². The number of hydrogen-bond acceptors (Lipinski definition) is 5. The van der Waals surface area contributed by atoms with Crippen LogP contribution < -0.4 is 11.1 Å². The topological polar surface area (TPSA) is 71.2 Å².